The van der Waals surface area contributed by atoms with Crippen molar-refractivity contribution in [3.63, 3.8) is 0 Å². The molecule has 0 aliphatic carbocycles. The number of fused-ring (bicyclic) bond motifs is 2. The summed E-state index contributed by atoms with van der Waals surface area (Å²) in [5.74, 6) is 0.527. The van der Waals surface area contributed by atoms with Crippen LogP contribution in [0.25, 0.3) is 10.9 Å². The van der Waals surface area contributed by atoms with Crippen LogP contribution < -0.4 is 4.74 Å². The third kappa shape index (κ3) is 5.91. The van der Waals surface area contributed by atoms with Gasteiger partial charge >= 0.3 is 0 Å². The molecule has 0 bridgehead atoms. The Morgan fingerprint density at radius 1 is 0.921 bits per heavy atom. The maximum absolute atomic E-state index is 14.0. The fourth-order valence-corrected chi connectivity index (χ4v) is 5.19. The van der Waals surface area contributed by atoms with E-state index < -0.39 is 0 Å². The molecule has 1 atom stereocenters. The van der Waals surface area contributed by atoms with E-state index in [9.17, 15) is 9.59 Å². The lowest BCUT2D eigenvalue weighted by Crippen LogP contribution is -2.45. The van der Waals surface area contributed by atoms with Crippen molar-refractivity contribution in [3.8, 4) is 5.75 Å². The topological polar surface area (TPSA) is 65.6 Å². The number of nitrogens with zero attached hydrogens (tertiary/aromatic N) is 2. The third-order valence-electron chi connectivity index (χ3n) is 7.35. The molecule has 6 nitrogen and oxygen atoms in total. The molecule has 0 fully saturated rings. The summed E-state index contributed by atoms with van der Waals surface area (Å²) in [4.78, 5) is 34.2. The van der Waals surface area contributed by atoms with Crippen LogP contribution in [0.1, 0.15) is 52.0 Å². The highest BCUT2D eigenvalue weighted by atomic mass is 16.5. The maximum atomic E-state index is 14.0. The van der Waals surface area contributed by atoms with Crippen molar-refractivity contribution in [1.82, 2.24) is 14.8 Å². The first kappa shape index (κ1) is 25.6. The molecule has 38 heavy (non-hydrogen) atoms. The Kier molecular flexibility index (Phi) is 8.07. The first-order valence-electron chi connectivity index (χ1n) is 13.5. The van der Waals surface area contributed by atoms with Crippen LogP contribution in [0.15, 0.2) is 85.1 Å². The van der Waals surface area contributed by atoms with Gasteiger partial charge in [0.1, 0.15) is 12.4 Å². The standard InChI is InChI=1S/C32H35N3O3/c1-34-19-9-2-3-10-20-35(31(36)26-15-16-29-25(22-26)17-18-33-29)27(21-24-11-5-4-6-12-24)23-38-30-14-8-7-13-28(30)32(34)37/h4-8,11-18,22,27,33H,2-3,9-10,19-21,23H2,1H3/t27-/m0/s1. The number of amides is 2. The second-order valence-electron chi connectivity index (χ2n) is 10.1. The van der Waals surface area contributed by atoms with Gasteiger partial charge in [-0.2, -0.15) is 0 Å². The molecule has 4 aromatic rings. The van der Waals surface area contributed by atoms with Gasteiger partial charge in [0.05, 0.1) is 11.6 Å². The number of para-hydroxylation sites is 1. The number of hydrogen-bond acceptors (Lipinski definition) is 3. The monoisotopic (exact) mass is 509 g/mol. The van der Waals surface area contributed by atoms with Gasteiger partial charge in [-0.1, -0.05) is 55.3 Å². The van der Waals surface area contributed by atoms with Gasteiger partial charge < -0.3 is 19.5 Å². The van der Waals surface area contributed by atoms with E-state index in [2.05, 4.69) is 17.1 Å². The summed E-state index contributed by atoms with van der Waals surface area (Å²) < 4.78 is 6.36. The molecule has 1 aliphatic heterocycles. The van der Waals surface area contributed by atoms with Crippen molar-refractivity contribution in [2.24, 2.45) is 0 Å². The average Bonchev–Trinajstić information content (AvgIpc) is 3.43. The zero-order chi connectivity index (χ0) is 26.3. The zero-order valence-electron chi connectivity index (χ0n) is 21.9. The summed E-state index contributed by atoms with van der Waals surface area (Å²) in [6.07, 6.45) is 6.39. The van der Waals surface area contributed by atoms with Crippen molar-refractivity contribution < 1.29 is 14.3 Å². The van der Waals surface area contributed by atoms with Gasteiger partial charge in [0.2, 0.25) is 0 Å². The molecule has 2 amide bonds. The van der Waals surface area contributed by atoms with E-state index in [0.29, 0.717) is 43.0 Å². The van der Waals surface area contributed by atoms with Crippen molar-refractivity contribution in [2.75, 3.05) is 26.7 Å². The average molecular weight is 510 g/mol. The lowest BCUT2D eigenvalue weighted by molar-refractivity contribution is 0.0599. The van der Waals surface area contributed by atoms with Crippen LogP contribution in [0.2, 0.25) is 0 Å². The highest BCUT2D eigenvalue weighted by molar-refractivity contribution is 5.98. The Morgan fingerprint density at radius 3 is 2.53 bits per heavy atom. The predicted octanol–water partition coefficient (Wildman–Crippen LogP) is 5.95. The summed E-state index contributed by atoms with van der Waals surface area (Å²) in [5.41, 5.74) is 3.39. The largest absolute Gasteiger partial charge is 0.491 e. The number of carbonyl (C=O) groups is 2. The van der Waals surface area contributed by atoms with Gasteiger partial charge in [0.25, 0.3) is 11.8 Å². The number of benzene rings is 3. The number of nitrogens with one attached hydrogen (secondary N) is 1. The normalized spacial score (nSPS) is 17.5. The van der Waals surface area contributed by atoms with Gasteiger partial charge in [-0.3, -0.25) is 9.59 Å². The Balaban J connectivity index is 1.49. The van der Waals surface area contributed by atoms with Gasteiger partial charge in [0.15, 0.2) is 0 Å². The van der Waals surface area contributed by atoms with E-state index in [1.807, 2.05) is 84.9 Å². The highest BCUT2D eigenvalue weighted by Crippen LogP contribution is 2.24. The molecule has 6 heteroatoms. The molecule has 0 radical (unpaired) electrons. The molecular formula is C32H35N3O3. The van der Waals surface area contributed by atoms with E-state index >= 15 is 0 Å². The number of ether oxygens (including phenoxy) is 1. The summed E-state index contributed by atoms with van der Waals surface area (Å²) in [6.45, 7) is 1.64. The van der Waals surface area contributed by atoms with E-state index in [4.69, 9.17) is 4.74 Å². The first-order valence-corrected chi connectivity index (χ1v) is 13.5. The Bertz CT molecular complexity index is 1380. The van der Waals surface area contributed by atoms with Crippen molar-refractivity contribution in [2.45, 2.75) is 38.1 Å². The van der Waals surface area contributed by atoms with E-state index in [1.54, 1.807) is 4.90 Å². The molecule has 0 spiro atoms. The minimum absolute atomic E-state index is 0.00817. The van der Waals surface area contributed by atoms with Crippen LogP contribution in [0.5, 0.6) is 5.75 Å². The van der Waals surface area contributed by atoms with Gasteiger partial charge in [-0.15, -0.1) is 0 Å². The molecule has 3 aromatic carbocycles. The van der Waals surface area contributed by atoms with Crippen molar-refractivity contribution >= 4 is 22.7 Å². The van der Waals surface area contributed by atoms with E-state index in [-0.39, 0.29) is 17.9 Å². The van der Waals surface area contributed by atoms with Crippen molar-refractivity contribution in [1.29, 1.82) is 0 Å². The van der Waals surface area contributed by atoms with Crippen LogP contribution in [-0.4, -0.2) is 59.4 Å². The second-order valence-corrected chi connectivity index (χ2v) is 10.1. The van der Waals surface area contributed by atoms with Crippen LogP contribution >= 0.6 is 0 Å². The van der Waals surface area contributed by atoms with Gasteiger partial charge in [-0.05, 0) is 61.2 Å². The summed E-state index contributed by atoms with van der Waals surface area (Å²) in [6, 6.07) is 25.3. The fourth-order valence-electron chi connectivity index (χ4n) is 5.19. The van der Waals surface area contributed by atoms with E-state index in [1.165, 1.54) is 0 Å². The van der Waals surface area contributed by atoms with Gasteiger partial charge in [0, 0.05) is 42.8 Å². The number of rotatable bonds is 3. The minimum Gasteiger partial charge on any atom is -0.491 e. The first-order chi connectivity index (χ1) is 18.6. The molecule has 0 unspecified atom stereocenters. The van der Waals surface area contributed by atoms with Crippen LogP contribution in [0.4, 0.5) is 0 Å². The zero-order valence-corrected chi connectivity index (χ0v) is 21.9. The SMILES string of the molecule is CN1CCCCCCN(C(=O)c2ccc3[nH]ccc3c2)[C@@H](Cc2ccccc2)COc2ccccc2C1=O. The minimum atomic E-state index is -0.198. The van der Waals surface area contributed by atoms with Crippen LogP contribution in [0.3, 0.4) is 0 Å². The lowest BCUT2D eigenvalue weighted by Gasteiger charge is -2.33. The lowest BCUT2D eigenvalue weighted by atomic mass is 10.0. The number of aromatic amines is 1. The van der Waals surface area contributed by atoms with Crippen LogP contribution in [-0.2, 0) is 6.42 Å². The molecule has 0 saturated carbocycles. The highest BCUT2D eigenvalue weighted by Gasteiger charge is 2.27. The molecular weight excluding hydrogens is 474 g/mol. The Morgan fingerprint density at radius 2 is 1.68 bits per heavy atom. The molecule has 2 heterocycles. The number of aromatic nitrogens is 1. The fraction of sp³-hybridized carbons (Fsp3) is 0.312. The Labute approximate surface area is 224 Å². The summed E-state index contributed by atoms with van der Waals surface area (Å²) in [7, 11) is 1.85. The van der Waals surface area contributed by atoms with Crippen LogP contribution in [0, 0.1) is 0 Å². The quantitative estimate of drug-likeness (QED) is 0.371. The Hall–Kier alpha value is -4.06. The van der Waals surface area contributed by atoms with Gasteiger partial charge in [-0.25, -0.2) is 0 Å². The summed E-state index contributed by atoms with van der Waals surface area (Å²) in [5, 5.41) is 1.02. The smallest absolute Gasteiger partial charge is 0.257 e. The summed E-state index contributed by atoms with van der Waals surface area (Å²) >= 11 is 0. The third-order valence-corrected chi connectivity index (χ3v) is 7.35. The molecule has 5 rings (SSSR count). The molecule has 1 N–H and O–H groups in total. The van der Waals surface area contributed by atoms with Crippen molar-refractivity contribution in [3.05, 3.63) is 102 Å². The molecule has 1 aliphatic rings. The number of carbonyl (C=O) groups excluding carboxylic acids is 2. The van der Waals surface area contributed by atoms with E-state index in [0.717, 1.165) is 42.1 Å². The molecule has 1 aromatic heterocycles. The maximum Gasteiger partial charge on any atom is 0.257 e. The number of hydrogen-bond donors (Lipinski definition) is 1. The molecule has 196 valence electrons. The predicted molar refractivity (Wildman–Crippen MR) is 151 cm³/mol. The second kappa shape index (κ2) is 12.0. The number of H-pyrrole nitrogens is 1. The molecule has 0 saturated heterocycles.